The maximum absolute atomic E-state index is 14.0. The molecule has 23 heavy (non-hydrogen) atoms. The first kappa shape index (κ1) is 15.9. The smallest absolute Gasteiger partial charge is 0.213 e. The Hall–Kier alpha value is -2.00. The number of phenolic OH excluding ortho intramolecular Hbond substituents is 1. The topological polar surface area (TPSA) is 68.7 Å². The second-order valence-electron chi connectivity index (χ2n) is 6.53. The third-order valence-electron chi connectivity index (χ3n) is 4.08. The fourth-order valence-corrected chi connectivity index (χ4v) is 6.12. The normalized spacial score (nSPS) is 23.2. The molecule has 1 aromatic carbocycles. The molecule has 0 spiro atoms. The van der Waals surface area contributed by atoms with Gasteiger partial charge in [0.25, 0.3) is 0 Å². The van der Waals surface area contributed by atoms with Crippen LogP contribution in [0, 0.1) is 0 Å². The summed E-state index contributed by atoms with van der Waals surface area (Å²) < 4.78 is 25.2. The van der Waals surface area contributed by atoms with Crippen molar-refractivity contribution >= 4 is 12.4 Å². The molecule has 0 aliphatic carbocycles. The fraction of sp³-hybridized carbons (Fsp3) is 0.353. The molecule has 0 saturated heterocycles. The fourth-order valence-electron chi connectivity index (χ4n) is 2.87. The summed E-state index contributed by atoms with van der Waals surface area (Å²) in [7, 11) is -1.60. The van der Waals surface area contributed by atoms with Gasteiger partial charge in [-0.15, -0.1) is 0 Å². The standard InChI is InChI=1S/C17H20NO4P/c1-17(2,3)23(20)15-12(19)8-6-9-13(15)22-16(23)11-7-5-10-14(18-11)21-4/h5-10,16,19H,1-4H3/t16-,23-/m1/s1. The number of fused-ring (bicyclic) bond motifs is 1. The summed E-state index contributed by atoms with van der Waals surface area (Å²) in [4.78, 5) is 4.39. The van der Waals surface area contributed by atoms with Crippen molar-refractivity contribution in [3.63, 3.8) is 0 Å². The Morgan fingerprint density at radius 2 is 1.91 bits per heavy atom. The van der Waals surface area contributed by atoms with E-state index in [1.165, 1.54) is 7.11 Å². The zero-order valence-corrected chi connectivity index (χ0v) is 14.5. The van der Waals surface area contributed by atoms with Crippen LogP contribution in [0.15, 0.2) is 36.4 Å². The SMILES string of the molecule is COc1cccc([C@@H]2Oc3cccc(O)c3[P@]2(=O)C(C)(C)C)n1. The summed E-state index contributed by atoms with van der Waals surface area (Å²) in [5.74, 6) is 0.164. The van der Waals surface area contributed by atoms with Crippen molar-refractivity contribution in [2.75, 3.05) is 7.11 Å². The van der Waals surface area contributed by atoms with Crippen molar-refractivity contribution in [2.24, 2.45) is 0 Å². The molecular weight excluding hydrogens is 313 g/mol. The number of phenols is 1. The molecule has 0 unspecified atom stereocenters. The van der Waals surface area contributed by atoms with Crippen molar-refractivity contribution in [3.8, 4) is 17.4 Å². The van der Waals surface area contributed by atoms with Crippen molar-refractivity contribution in [2.45, 2.75) is 31.8 Å². The third kappa shape index (κ3) is 2.31. The molecule has 1 aliphatic rings. The van der Waals surface area contributed by atoms with E-state index in [0.29, 0.717) is 22.6 Å². The van der Waals surface area contributed by atoms with Gasteiger partial charge in [0.2, 0.25) is 5.88 Å². The lowest BCUT2D eigenvalue weighted by Gasteiger charge is -2.31. The van der Waals surface area contributed by atoms with Crippen LogP contribution in [0.1, 0.15) is 32.3 Å². The van der Waals surface area contributed by atoms with E-state index in [9.17, 15) is 9.67 Å². The first-order chi connectivity index (χ1) is 10.8. The highest BCUT2D eigenvalue weighted by Crippen LogP contribution is 2.72. The lowest BCUT2D eigenvalue weighted by atomic mass is 10.3. The lowest BCUT2D eigenvalue weighted by Crippen LogP contribution is -2.24. The highest BCUT2D eigenvalue weighted by Gasteiger charge is 2.55. The summed E-state index contributed by atoms with van der Waals surface area (Å²) in [5, 5.41) is 10.1. The highest BCUT2D eigenvalue weighted by atomic mass is 31.2. The van der Waals surface area contributed by atoms with E-state index in [-0.39, 0.29) is 5.75 Å². The quantitative estimate of drug-likeness (QED) is 0.849. The van der Waals surface area contributed by atoms with Gasteiger partial charge in [-0.3, -0.25) is 0 Å². The maximum Gasteiger partial charge on any atom is 0.213 e. The number of pyridine rings is 1. The van der Waals surface area contributed by atoms with Crippen LogP contribution in [0.4, 0.5) is 0 Å². The van der Waals surface area contributed by atoms with Gasteiger partial charge in [0.1, 0.15) is 11.5 Å². The molecule has 2 atom stereocenters. The van der Waals surface area contributed by atoms with E-state index in [1.54, 1.807) is 36.4 Å². The van der Waals surface area contributed by atoms with Gasteiger partial charge in [-0.2, -0.15) is 0 Å². The monoisotopic (exact) mass is 333 g/mol. The molecule has 6 heteroatoms. The second-order valence-corrected chi connectivity index (χ2v) is 10.1. The molecule has 0 saturated carbocycles. The number of aromatic nitrogens is 1. The van der Waals surface area contributed by atoms with E-state index in [0.717, 1.165) is 0 Å². The van der Waals surface area contributed by atoms with Crippen LogP contribution < -0.4 is 14.8 Å². The van der Waals surface area contributed by atoms with Crippen LogP contribution in [0.5, 0.6) is 17.4 Å². The molecule has 2 heterocycles. The van der Waals surface area contributed by atoms with E-state index < -0.39 is 18.1 Å². The van der Waals surface area contributed by atoms with Crippen molar-refractivity contribution in [1.29, 1.82) is 0 Å². The van der Waals surface area contributed by atoms with Gasteiger partial charge in [-0.05, 0) is 18.2 Å². The van der Waals surface area contributed by atoms with Crippen molar-refractivity contribution in [1.82, 2.24) is 4.98 Å². The summed E-state index contributed by atoms with van der Waals surface area (Å²) >= 11 is 0. The van der Waals surface area contributed by atoms with Gasteiger partial charge in [0, 0.05) is 11.2 Å². The number of hydrogen-bond acceptors (Lipinski definition) is 5. The van der Waals surface area contributed by atoms with Gasteiger partial charge in [-0.1, -0.05) is 32.9 Å². The Kier molecular flexibility index (Phi) is 3.64. The minimum Gasteiger partial charge on any atom is -0.507 e. The Morgan fingerprint density at radius 1 is 1.22 bits per heavy atom. The summed E-state index contributed by atoms with van der Waals surface area (Å²) in [6.45, 7) is 5.68. The minimum atomic E-state index is -3.13. The van der Waals surface area contributed by atoms with Gasteiger partial charge >= 0.3 is 0 Å². The van der Waals surface area contributed by atoms with Crippen LogP contribution in [0.25, 0.3) is 0 Å². The van der Waals surface area contributed by atoms with Crippen LogP contribution in [-0.4, -0.2) is 22.4 Å². The lowest BCUT2D eigenvalue weighted by molar-refractivity contribution is 0.282. The number of rotatable bonds is 2. The molecule has 5 nitrogen and oxygen atoms in total. The minimum absolute atomic E-state index is 0.00570. The van der Waals surface area contributed by atoms with Crippen molar-refractivity contribution in [3.05, 3.63) is 42.1 Å². The number of methoxy groups -OCH3 is 1. The molecule has 1 N–H and O–H groups in total. The Morgan fingerprint density at radius 3 is 2.57 bits per heavy atom. The number of aromatic hydroxyl groups is 1. The Bertz CT molecular complexity index is 797. The molecule has 1 aliphatic heterocycles. The van der Waals surface area contributed by atoms with Crippen LogP contribution in [0.3, 0.4) is 0 Å². The summed E-state index contributed by atoms with van der Waals surface area (Å²) in [5.41, 5.74) is 0.540. The van der Waals surface area contributed by atoms with Gasteiger partial charge < -0.3 is 19.1 Å². The first-order valence-corrected chi connectivity index (χ1v) is 9.16. The number of nitrogens with zero attached hydrogens (tertiary/aromatic N) is 1. The average molecular weight is 333 g/mol. The Balaban J connectivity index is 2.23. The van der Waals surface area contributed by atoms with Crippen LogP contribution >= 0.6 is 7.14 Å². The Labute approximate surface area is 135 Å². The average Bonchev–Trinajstić information content (AvgIpc) is 2.83. The van der Waals surface area contributed by atoms with Crippen molar-refractivity contribution < 1.29 is 19.1 Å². The van der Waals surface area contributed by atoms with Gasteiger partial charge in [0.15, 0.2) is 13.0 Å². The predicted molar refractivity (Wildman–Crippen MR) is 89.3 cm³/mol. The molecule has 0 fully saturated rings. The maximum atomic E-state index is 14.0. The molecule has 0 amide bonds. The van der Waals surface area contributed by atoms with Gasteiger partial charge in [0.05, 0.1) is 18.1 Å². The van der Waals surface area contributed by atoms with E-state index >= 15 is 0 Å². The van der Waals surface area contributed by atoms with E-state index in [1.807, 2.05) is 20.8 Å². The molecule has 3 rings (SSSR count). The molecule has 2 aromatic rings. The number of benzene rings is 1. The first-order valence-electron chi connectivity index (χ1n) is 7.39. The molecule has 1 aromatic heterocycles. The summed E-state index contributed by atoms with van der Waals surface area (Å²) in [6.07, 6.45) is 0. The predicted octanol–water partition coefficient (Wildman–Crippen LogP) is 3.67. The van der Waals surface area contributed by atoms with Gasteiger partial charge in [-0.25, -0.2) is 4.98 Å². The summed E-state index contributed by atoms with van der Waals surface area (Å²) in [6, 6.07) is 10.2. The zero-order valence-electron chi connectivity index (χ0n) is 13.6. The van der Waals surface area contributed by atoms with E-state index in [4.69, 9.17) is 9.47 Å². The van der Waals surface area contributed by atoms with Crippen LogP contribution in [0.2, 0.25) is 0 Å². The number of hydrogen-bond donors (Lipinski definition) is 1. The third-order valence-corrected chi connectivity index (χ3v) is 8.22. The molecule has 0 bridgehead atoms. The second kappa shape index (κ2) is 5.27. The van der Waals surface area contributed by atoms with E-state index in [2.05, 4.69) is 4.98 Å². The highest BCUT2D eigenvalue weighted by molar-refractivity contribution is 7.74. The largest absolute Gasteiger partial charge is 0.507 e. The molecular formula is C17H20NO4P. The number of ether oxygens (including phenoxy) is 2. The van der Waals surface area contributed by atoms with Crippen LogP contribution in [-0.2, 0) is 4.57 Å². The molecule has 0 radical (unpaired) electrons. The zero-order chi connectivity index (χ0) is 16.8. The molecule has 122 valence electrons.